The van der Waals surface area contributed by atoms with E-state index in [4.69, 9.17) is 14.2 Å². The number of rotatable bonds is 9. The van der Waals surface area contributed by atoms with Crippen LogP contribution in [0.5, 0.6) is 11.5 Å². The van der Waals surface area contributed by atoms with E-state index >= 15 is 4.39 Å². The Bertz CT molecular complexity index is 1550. The Morgan fingerprint density at radius 1 is 0.900 bits per heavy atom. The van der Waals surface area contributed by atoms with Crippen LogP contribution in [0, 0.1) is 5.82 Å². The van der Waals surface area contributed by atoms with E-state index in [0.717, 1.165) is 35.6 Å². The largest absolute Gasteiger partial charge is 0.462 e. The van der Waals surface area contributed by atoms with Gasteiger partial charge in [-0.1, -0.05) is 56.1 Å². The molecule has 0 heterocycles. The summed E-state index contributed by atoms with van der Waals surface area (Å²) in [5.41, 5.74) is 4.74. The number of carbonyl (C=O) groups is 3. The zero-order valence-electron chi connectivity index (χ0n) is 22.4. The SMILES string of the molecule is C=CC(=O)OCC1CCc2c(-c3ccc(-c4ccc(OC(=O)C(=C)C)c(OC(=O)C(=C)C)c4)cc3F)cccc21. The molecule has 6 nitrogen and oxygen atoms in total. The maximum Gasteiger partial charge on any atom is 0.338 e. The smallest absolute Gasteiger partial charge is 0.338 e. The molecule has 1 aliphatic carbocycles. The molecule has 3 aromatic carbocycles. The molecule has 0 radical (unpaired) electrons. The minimum absolute atomic E-state index is 0.00587. The molecule has 0 amide bonds. The van der Waals surface area contributed by atoms with Crippen LogP contribution in [0.3, 0.4) is 0 Å². The lowest BCUT2D eigenvalue weighted by molar-refractivity contribution is -0.138. The molecule has 1 atom stereocenters. The van der Waals surface area contributed by atoms with Gasteiger partial charge in [0, 0.05) is 28.7 Å². The van der Waals surface area contributed by atoms with Gasteiger partial charge in [0.05, 0.1) is 6.61 Å². The standard InChI is InChI=1S/C33H29FO6/c1-6-31(35)38-18-23-11-13-26-24(23)8-7-9-25(26)27-14-10-21(16-28(27)34)22-12-15-29(39-32(36)19(2)3)30(17-22)40-33(37)20(4)5/h6-10,12,14-17,23H,1-2,4,11,13,18H2,3,5H3. The van der Waals surface area contributed by atoms with Crippen LogP contribution in [0.15, 0.2) is 91.6 Å². The highest BCUT2D eigenvalue weighted by Gasteiger charge is 2.27. The van der Waals surface area contributed by atoms with Gasteiger partial charge in [-0.05, 0) is 72.7 Å². The Morgan fingerprint density at radius 3 is 2.20 bits per heavy atom. The number of halogens is 1. The molecule has 0 saturated carbocycles. The lowest BCUT2D eigenvalue weighted by atomic mass is 9.93. The van der Waals surface area contributed by atoms with Crippen LogP contribution in [-0.4, -0.2) is 24.5 Å². The first-order valence-electron chi connectivity index (χ1n) is 12.7. The van der Waals surface area contributed by atoms with E-state index in [9.17, 15) is 14.4 Å². The highest BCUT2D eigenvalue weighted by Crippen LogP contribution is 2.41. The summed E-state index contributed by atoms with van der Waals surface area (Å²) < 4.78 is 31.6. The normalized spacial score (nSPS) is 13.6. The molecule has 0 aliphatic heterocycles. The zero-order chi connectivity index (χ0) is 29.0. The van der Waals surface area contributed by atoms with Gasteiger partial charge in [0.15, 0.2) is 11.5 Å². The van der Waals surface area contributed by atoms with Crippen molar-refractivity contribution < 1.29 is 33.0 Å². The Kier molecular flexibility index (Phi) is 8.43. The van der Waals surface area contributed by atoms with E-state index in [1.54, 1.807) is 18.2 Å². The van der Waals surface area contributed by atoms with Crippen LogP contribution in [0.2, 0.25) is 0 Å². The van der Waals surface area contributed by atoms with Gasteiger partial charge in [-0.15, -0.1) is 0 Å². The molecule has 0 bridgehead atoms. The molecule has 0 saturated heterocycles. The third-order valence-corrected chi connectivity index (χ3v) is 6.63. The summed E-state index contributed by atoms with van der Waals surface area (Å²) in [6.07, 6.45) is 2.67. The van der Waals surface area contributed by atoms with Crippen molar-refractivity contribution in [3.63, 3.8) is 0 Å². The molecule has 1 aliphatic rings. The molecule has 0 N–H and O–H groups in total. The van der Waals surface area contributed by atoms with Crippen LogP contribution in [0.25, 0.3) is 22.3 Å². The fourth-order valence-corrected chi connectivity index (χ4v) is 4.55. The van der Waals surface area contributed by atoms with Gasteiger partial charge in [0.1, 0.15) is 5.82 Å². The van der Waals surface area contributed by atoms with Gasteiger partial charge < -0.3 is 14.2 Å². The minimum Gasteiger partial charge on any atom is -0.462 e. The maximum absolute atomic E-state index is 15.6. The second-order valence-corrected chi connectivity index (χ2v) is 9.64. The summed E-state index contributed by atoms with van der Waals surface area (Å²) in [6, 6.07) is 15.3. The molecule has 0 fully saturated rings. The van der Waals surface area contributed by atoms with Crippen LogP contribution in [0.1, 0.15) is 37.3 Å². The van der Waals surface area contributed by atoms with Crippen LogP contribution in [0.4, 0.5) is 4.39 Å². The van der Waals surface area contributed by atoms with Crippen LogP contribution >= 0.6 is 0 Å². The van der Waals surface area contributed by atoms with Gasteiger partial charge in [-0.2, -0.15) is 0 Å². The van der Waals surface area contributed by atoms with Crippen molar-refractivity contribution in [3.8, 4) is 33.8 Å². The first-order chi connectivity index (χ1) is 19.1. The topological polar surface area (TPSA) is 78.9 Å². The van der Waals surface area contributed by atoms with Gasteiger partial charge >= 0.3 is 17.9 Å². The van der Waals surface area contributed by atoms with Crippen molar-refractivity contribution in [2.45, 2.75) is 32.6 Å². The third kappa shape index (κ3) is 6.10. The summed E-state index contributed by atoms with van der Waals surface area (Å²) in [5.74, 6) is -2.20. The Morgan fingerprint density at radius 2 is 1.55 bits per heavy atom. The minimum atomic E-state index is -0.693. The average molecular weight is 541 g/mol. The second-order valence-electron chi connectivity index (χ2n) is 9.64. The number of fused-ring (bicyclic) bond motifs is 1. The van der Waals surface area contributed by atoms with Crippen molar-refractivity contribution in [3.05, 3.63) is 109 Å². The van der Waals surface area contributed by atoms with Crippen LogP contribution < -0.4 is 9.47 Å². The lowest BCUT2D eigenvalue weighted by Gasteiger charge is -2.15. The van der Waals surface area contributed by atoms with E-state index in [0.29, 0.717) is 16.7 Å². The Labute approximate surface area is 232 Å². The molecular formula is C33H29FO6. The van der Waals surface area contributed by atoms with E-state index in [1.165, 1.54) is 32.0 Å². The first-order valence-corrected chi connectivity index (χ1v) is 12.7. The van der Waals surface area contributed by atoms with Gasteiger partial charge in [-0.25, -0.2) is 18.8 Å². The van der Waals surface area contributed by atoms with Gasteiger partial charge in [-0.3, -0.25) is 0 Å². The number of benzene rings is 3. The molecule has 204 valence electrons. The number of ether oxygens (including phenoxy) is 3. The number of carbonyl (C=O) groups excluding carboxylic acids is 3. The van der Waals surface area contributed by atoms with Crippen molar-refractivity contribution in [1.29, 1.82) is 0 Å². The molecule has 0 aromatic heterocycles. The highest BCUT2D eigenvalue weighted by atomic mass is 19.1. The Balaban J connectivity index is 1.65. The van der Waals surface area contributed by atoms with Crippen molar-refractivity contribution in [2.24, 2.45) is 0 Å². The number of esters is 3. The Hall–Kier alpha value is -4.78. The summed E-state index contributed by atoms with van der Waals surface area (Å²) >= 11 is 0. The predicted molar refractivity (Wildman–Crippen MR) is 150 cm³/mol. The predicted octanol–water partition coefficient (Wildman–Crippen LogP) is 6.88. The summed E-state index contributed by atoms with van der Waals surface area (Å²) in [5, 5.41) is 0. The number of hydrogen-bond acceptors (Lipinski definition) is 6. The highest BCUT2D eigenvalue weighted by molar-refractivity contribution is 5.91. The number of hydrogen-bond donors (Lipinski definition) is 0. The van der Waals surface area contributed by atoms with Crippen molar-refractivity contribution >= 4 is 17.9 Å². The average Bonchev–Trinajstić information content (AvgIpc) is 3.35. The fourth-order valence-electron chi connectivity index (χ4n) is 4.55. The van der Waals surface area contributed by atoms with E-state index in [1.807, 2.05) is 18.2 Å². The van der Waals surface area contributed by atoms with E-state index < -0.39 is 23.7 Å². The maximum atomic E-state index is 15.6. The summed E-state index contributed by atoms with van der Waals surface area (Å²) in [4.78, 5) is 35.8. The fraction of sp³-hybridized carbons (Fsp3) is 0.182. The lowest BCUT2D eigenvalue weighted by Crippen LogP contribution is -2.12. The third-order valence-electron chi connectivity index (χ3n) is 6.63. The monoisotopic (exact) mass is 540 g/mol. The van der Waals surface area contributed by atoms with Gasteiger partial charge in [0.25, 0.3) is 0 Å². The van der Waals surface area contributed by atoms with Crippen molar-refractivity contribution in [1.82, 2.24) is 0 Å². The van der Waals surface area contributed by atoms with Crippen molar-refractivity contribution in [2.75, 3.05) is 6.61 Å². The van der Waals surface area contributed by atoms with Gasteiger partial charge in [0.2, 0.25) is 0 Å². The van der Waals surface area contributed by atoms with Crippen LogP contribution in [-0.2, 0) is 25.5 Å². The molecule has 40 heavy (non-hydrogen) atoms. The summed E-state index contributed by atoms with van der Waals surface area (Å²) in [7, 11) is 0. The molecule has 7 heteroatoms. The molecule has 1 unspecified atom stereocenters. The molecule has 3 aromatic rings. The molecule has 4 rings (SSSR count). The zero-order valence-corrected chi connectivity index (χ0v) is 22.4. The summed E-state index contributed by atoms with van der Waals surface area (Å²) in [6.45, 7) is 13.8. The second kappa shape index (κ2) is 11.9. The molecule has 0 spiro atoms. The molecular weight excluding hydrogens is 511 g/mol. The van der Waals surface area contributed by atoms with E-state index in [-0.39, 0.29) is 35.2 Å². The quantitative estimate of drug-likeness (QED) is 0.167. The first kappa shape index (κ1) is 28.2. The van der Waals surface area contributed by atoms with E-state index in [2.05, 4.69) is 19.7 Å².